The Kier molecular flexibility index (Phi) is 4.95. The van der Waals surface area contributed by atoms with Crippen molar-refractivity contribution in [2.24, 2.45) is 5.73 Å². The van der Waals surface area contributed by atoms with Gasteiger partial charge in [0.1, 0.15) is 0 Å². The third kappa shape index (κ3) is 4.52. The summed E-state index contributed by atoms with van der Waals surface area (Å²) < 4.78 is 53.8. The highest BCUT2D eigenvalue weighted by Crippen LogP contribution is 2.27. The molecule has 1 aromatic carbocycles. The summed E-state index contributed by atoms with van der Waals surface area (Å²) in [6.45, 7) is 0. The minimum absolute atomic E-state index is 0.0405. The molecule has 1 unspecified atom stereocenters. The predicted octanol–water partition coefficient (Wildman–Crippen LogP) is 3.57. The highest BCUT2D eigenvalue weighted by atomic mass is 19.4. The van der Waals surface area contributed by atoms with Crippen molar-refractivity contribution < 1.29 is 22.3 Å². The van der Waals surface area contributed by atoms with E-state index < -0.39 is 24.5 Å². The van der Waals surface area contributed by atoms with Gasteiger partial charge >= 0.3 is 6.18 Å². The molecular formula is C12H15F4NO. The number of alkyl halides is 3. The molecule has 0 amide bonds. The molecule has 1 aromatic rings. The Balaban J connectivity index is 2.59. The zero-order valence-electron chi connectivity index (χ0n) is 9.93. The number of ether oxygens (including phenoxy) is 1. The van der Waals surface area contributed by atoms with Gasteiger partial charge in [-0.15, -0.1) is 0 Å². The van der Waals surface area contributed by atoms with E-state index in [1.54, 1.807) is 0 Å². The Morgan fingerprint density at radius 3 is 2.56 bits per heavy atom. The van der Waals surface area contributed by atoms with E-state index in [4.69, 9.17) is 10.5 Å². The van der Waals surface area contributed by atoms with Crippen molar-refractivity contribution in [3.8, 4) is 5.75 Å². The maximum absolute atomic E-state index is 13.1. The average molecular weight is 265 g/mol. The lowest BCUT2D eigenvalue weighted by Crippen LogP contribution is -2.13. The van der Waals surface area contributed by atoms with Crippen LogP contribution >= 0.6 is 0 Å². The smallest absolute Gasteiger partial charge is 0.389 e. The van der Waals surface area contributed by atoms with Crippen LogP contribution < -0.4 is 10.5 Å². The van der Waals surface area contributed by atoms with Crippen molar-refractivity contribution in [2.75, 3.05) is 7.11 Å². The summed E-state index contributed by atoms with van der Waals surface area (Å²) >= 11 is 0. The lowest BCUT2D eigenvalue weighted by molar-refractivity contribution is -0.135. The molecule has 0 bridgehead atoms. The minimum atomic E-state index is -4.17. The molecule has 1 rings (SSSR count). The van der Waals surface area contributed by atoms with Gasteiger partial charge < -0.3 is 10.5 Å². The number of rotatable bonds is 5. The van der Waals surface area contributed by atoms with E-state index in [0.717, 1.165) is 0 Å². The van der Waals surface area contributed by atoms with Crippen molar-refractivity contribution in [3.63, 3.8) is 0 Å². The maximum Gasteiger partial charge on any atom is 0.389 e. The zero-order valence-corrected chi connectivity index (χ0v) is 9.93. The van der Waals surface area contributed by atoms with Crippen LogP contribution in [0.1, 0.15) is 30.9 Å². The molecular weight excluding hydrogens is 250 g/mol. The molecule has 0 saturated heterocycles. The molecule has 0 spiro atoms. The van der Waals surface area contributed by atoms with E-state index in [1.165, 1.54) is 25.3 Å². The molecule has 0 aliphatic carbocycles. The maximum atomic E-state index is 13.1. The Morgan fingerprint density at radius 2 is 2.00 bits per heavy atom. The van der Waals surface area contributed by atoms with Crippen molar-refractivity contribution in [2.45, 2.75) is 31.5 Å². The molecule has 0 saturated carbocycles. The van der Waals surface area contributed by atoms with E-state index in [2.05, 4.69) is 0 Å². The van der Waals surface area contributed by atoms with Crippen LogP contribution in [0.25, 0.3) is 0 Å². The number of hydrogen-bond acceptors (Lipinski definition) is 2. The van der Waals surface area contributed by atoms with Gasteiger partial charge in [-0.1, -0.05) is 6.07 Å². The average Bonchev–Trinajstić information content (AvgIpc) is 2.27. The molecule has 2 N–H and O–H groups in total. The molecule has 0 heterocycles. The molecule has 6 heteroatoms. The molecule has 0 aliphatic heterocycles. The van der Waals surface area contributed by atoms with Gasteiger partial charge in [0.05, 0.1) is 7.11 Å². The third-order valence-corrected chi connectivity index (χ3v) is 2.58. The third-order valence-electron chi connectivity index (χ3n) is 2.58. The van der Waals surface area contributed by atoms with Gasteiger partial charge in [0.25, 0.3) is 0 Å². The summed E-state index contributed by atoms with van der Waals surface area (Å²) in [5.41, 5.74) is 6.32. The van der Waals surface area contributed by atoms with Crippen LogP contribution in [0.15, 0.2) is 18.2 Å². The van der Waals surface area contributed by atoms with Gasteiger partial charge in [0.15, 0.2) is 11.6 Å². The lowest BCUT2D eigenvalue weighted by atomic mass is 10.0. The normalized spacial score (nSPS) is 13.4. The second-order valence-electron chi connectivity index (χ2n) is 4.01. The van der Waals surface area contributed by atoms with Crippen molar-refractivity contribution in [1.29, 1.82) is 0 Å². The van der Waals surface area contributed by atoms with Gasteiger partial charge in [-0.2, -0.15) is 13.2 Å². The first kappa shape index (κ1) is 14.8. The van der Waals surface area contributed by atoms with E-state index in [-0.39, 0.29) is 18.6 Å². The van der Waals surface area contributed by atoms with Gasteiger partial charge in [0.2, 0.25) is 0 Å². The zero-order chi connectivity index (χ0) is 13.8. The molecule has 0 aromatic heterocycles. The second kappa shape index (κ2) is 6.04. The summed E-state index contributed by atoms with van der Waals surface area (Å²) in [5, 5.41) is 0. The van der Waals surface area contributed by atoms with Gasteiger partial charge in [-0.3, -0.25) is 0 Å². The summed E-state index contributed by atoms with van der Waals surface area (Å²) in [4.78, 5) is 0. The summed E-state index contributed by atoms with van der Waals surface area (Å²) in [6.07, 6.45) is -4.89. The Hall–Kier alpha value is -1.30. The monoisotopic (exact) mass is 265 g/mol. The second-order valence-corrected chi connectivity index (χ2v) is 4.01. The Labute approximate surface area is 103 Å². The molecule has 0 radical (unpaired) electrons. The quantitative estimate of drug-likeness (QED) is 0.826. The van der Waals surface area contributed by atoms with Crippen molar-refractivity contribution in [1.82, 2.24) is 0 Å². The van der Waals surface area contributed by atoms with Crippen LogP contribution in [-0.4, -0.2) is 13.3 Å². The first-order valence-electron chi connectivity index (χ1n) is 5.49. The topological polar surface area (TPSA) is 35.2 Å². The fraction of sp³-hybridized carbons (Fsp3) is 0.500. The molecule has 2 nitrogen and oxygen atoms in total. The summed E-state index contributed by atoms with van der Waals surface area (Å²) in [6, 6.07) is 3.50. The van der Waals surface area contributed by atoms with E-state index in [9.17, 15) is 17.6 Å². The van der Waals surface area contributed by atoms with Gasteiger partial charge in [0, 0.05) is 12.5 Å². The first-order valence-corrected chi connectivity index (χ1v) is 5.49. The summed E-state index contributed by atoms with van der Waals surface area (Å²) in [7, 11) is 1.32. The highest BCUT2D eigenvalue weighted by molar-refractivity contribution is 5.31. The first-order chi connectivity index (χ1) is 8.33. The summed E-state index contributed by atoms with van der Waals surface area (Å²) in [5.74, 6) is -0.484. The molecule has 102 valence electrons. The molecule has 1 atom stereocenters. The number of nitrogens with two attached hydrogens (primary N) is 1. The largest absolute Gasteiger partial charge is 0.494 e. The van der Waals surface area contributed by atoms with Gasteiger partial charge in [-0.25, -0.2) is 4.39 Å². The highest BCUT2D eigenvalue weighted by Gasteiger charge is 2.26. The Bertz CT molecular complexity index is 392. The fourth-order valence-electron chi connectivity index (χ4n) is 1.60. The van der Waals surface area contributed by atoms with Crippen molar-refractivity contribution >= 4 is 0 Å². The molecule has 18 heavy (non-hydrogen) atoms. The number of halogens is 4. The minimum Gasteiger partial charge on any atom is -0.494 e. The number of hydrogen-bond donors (Lipinski definition) is 1. The number of benzene rings is 1. The fourth-order valence-corrected chi connectivity index (χ4v) is 1.60. The van der Waals surface area contributed by atoms with Crippen LogP contribution in [0.5, 0.6) is 5.75 Å². The Morgan fingerprint density at radius 1 is 1.33 bits per heavy atom. The van der Waals surface area contributed by atoms with Crippen LogP contribution in [0, 0.1) is 5.82 Å². The van der Waals surface area contributed by atoms with Crippen LogP contribution in [-0.2, 0) is 0 Å². The van der Waals surface area contributed by atoms with Gasteiger partial charge in [-0.05, 0) is 30.5 Å². The van der Waals surface area contributed by atoms with E-state index >= 15 is 0 Å². The predicted molar refractivity (Wildman–Crippen MR) is 59.8 cm³/mol. The van der Waals surface area contributed by atoms with E-state index in [0.29, 0.717) is 5.56 Å². The molecule has 0 fully saturated rings. The van der Waals surface area contributed by atoms with Crippen LogP contribution in [0.3, 0.4) is 0 Å². The lowest BCUT2D eigenvalue weighted by Gasteiger charge is -2.14. The molecule has 0 aliphatic rings. The number of methoxy groups -OCH3 is 1. The van der Waals surface area contributed by atoms with Crippen molar-refractivity contribution in [3.05, 3.63) is 29.6 Å². The van der Waals surface area contributed by atoms with E-state index in [1.807, 2.05) is 0 Å². The van der Waals surface area contributed by atoms with Crippen LogP contribution in [0.4, 0.5) is 17.6 Å². The SMILES string of the molecule is COc1cc(C(N)CCCC(F)(F)F)ccc1F. The van der Waals surface area contributed by atoms with Crippen LogP contribution in [0.2, 0.25) is 0 Å². The standard InChI is InChI=1S/C12H15F4NO/c1-18-11-7-8(4-5-9(11)13)10(17)3-2-6-12(14,15)16/h4-5,7,10H,2-3,6,17H2,1H3.